The summed E-state index contributed by atoms with van der Waals surface area (Å²) in [6.07, 6.45) is 8.14. The Kier molecular flexibility index (Phi) is 4.40. The third-order valence-electron chi connectivity index (χ3n) is 3.07. The summed E-state index contributed by atoms with van der Waals surface area (Å²) in [7, 11) is 0. The molecule has 0 aliphatic heterocycles. The highest BCUT2D eigenvalue weighted by Crippen LogP contribution is 2.09. The zero-order valence-electron chi connectivity index (χ0n) is 11.0. The van der Waals surface area contributed by atoms with Crippen LogP contribution in [-0.2, 0) is 19.4 Å². The lowest BCUT2D eigenvalue weighted by molar-refractivity contribution is 0.579. The molecule has 0 fully saturated rings. The second kappa shape index (κ2) is 6.24. The van der Waals surface area contributed by atoms with Gasteiger partial charge in [-0.15, -0.1) is 0 Å². The van der Waals surface area contributed by atoms with E-state index in [2.05, 4.69) is 36.3 Å². The van der Waals surface area contributed by atoms with Crippen molar-refractivity contribution in [2.45, 2.75) is 39.2 Å². The van der Waals surface area contributed by atoms with Gasteiger partial charge in [-0.05, 0) is 30.4 Å². The van der Waals surface area contributed by atoms with Crippen LogP contribution in [0, 0.1) is 0 Å². The van der Waals surface area contributed by atoms with Crippen molar-refractivity contribution < 1.29 is 0 Å². The first-order chi connectivity index (χ1) is 8.78. The fourth-order valence-corrected chi connectivity index (χ4v) is 2.11. The molecule has 0 radical (unpaired) electrons. The maximum absolute atomic E-state index is 5.62. The first-order valence-electron chi connectivity index (χ1n) is 6.63. The summed E-state index contributed by atoms with van der Waals surface area (Å²) in [5.74, 6) is 0. The van der Waals surface area contributed by atoms with Gasteiger partial charge in [-0.25, -0.2) is 0 Å². The van der Waals surface area contributed by atoms with Gasteiger partial charge in [0.1, 0.15) is 0 Å². The van der Waals surface area contributed by atoms with Crippen molar-refractivity contribution in [3.05, 3.63) is 47.8 Å². The Morgan fingerprint density at radius 2 is 1.78 bits per heavy atom. The van der Waals surface area contributed by atoms with Crippen molar-refractivity contribution >= 4 is 5.69 Å². The van der Waals surface area contributed by atoms with Crippen LogP contribution in [0.3, 0.4) is 0 Å². The number of nitrogen functional groups attached to an aromatic ring is 1. The molecule has 0 spiro atoms. The minimum Gasteiger partial charge on any atom is -0.396 e. The molecule has 2 rings (SSSR count). The van der Waals surface area contributed by atoms with E-state index in [1.165, 1.54) is 24.0 Å². The molecule has 96 valence electrons. The fourth-order valence-electron chi connectivity index (χ4n) is 2.11. The quantitative estimate of drug-likeness (QED) is 0.847. The van der Waals surface area contributed by atoms with E-state index < -0.39 is 0 Å². The van der Waals surface area contributed by atoms with Crippen LogP contribution in [0.25, 0.3) is 0 Å². The molecular weight excluding hydrogens is 222 g/mol. The van der Waals surface area contributed by atoms with Gasteiger partial charge in [0, 0.05) is 12.7 Å². The Morgan fingerprint density at radius 3 is 2.33 bits per heavy atom. The van der Waals surface area contributed by atoms with E-state index in [1.54, 1.807) is 6.20 Å². The zero-order chi connectivity index (χ0) is 12.8. The molecule has 0 bridgehead atoms. The largest absolute Gasteiger partial charge is 0.396 e. The number of aryl methyl sites for hydroxylation is 3. The molecule has 3 heteroatoms. The van der Waals surface area contributed by atoms with Crippen molar-refractivity contribution in [1.82, 2.24) is 9.78 Å². The van der Waals surface area contributed by atoms with Crippen molar-refractivity contribution in [2.75, 3.05) is 5.73 Å². The van der Waals surface area contributed by atoms with E-state index in [-0.39, 0.29) is 0 Å². The van der Waals surface area contributed by atoms with E-state index in [4.69, 9.17) is 5.73 Å². The first kappa shape index (κ1) is 12.7. The standard InChI is InChI=1S/C15H21N3/c1-2-4-13-6-8-14(9-7-13)5-3-10-18-12-15(16)11-17-18/h6-9,11-12H,2-5,10,16H2,1H3. The molecule has 1 heterocycles. The molecule has 2 N–H and O–H groups in total. The number of hydrogen-bond donors (Lipinski definition) is 1. The van der Waals surface area contributed by atoms with Gasteiger partial charge in [-0.3, -0.25) is 4.68 Å². The Balaban J connectivity index is 1.79. The van der Waals surface area contributed by atoms with E-state index in [0.29, 0.717) is 0 Å². The summed E-state index contributed by atoms with van der Waals surface area (Å²) in [6, 6.07) is 8.96. The second-order valence-electron chi connectivity index (χ2n) is 4.71. The molecule has 0 amide bonds. The molecule has 2 aromatic rings. The highest BCUT2D eigenvalue weighted by molar-refractivity contribution is 5.30. The Morgan fingerprint density at radius 1 is 1.11 bits per heavy atom. The average molecular weight is 243 g/mol. The predicted molar refractivity (Wildman–Crippen MR) is 75.4 cm³/mol. The summed E-state index contributed by atoms with van der Waals surface area (Å²) >= 11 is 0. The number of nitrogens with two attached hydrogens (primary N) is 1. The number of benzene rings is 1. The number of nitrogens with zero attached hydrogens (tertiary/aromatic N) is 2. The van der Waals surface area contributed by atoms with Crippen LogP contribution < -0.4 is 5.73 Å². The van der Waals surface area contributed by atoms with Gasteiger partial charge in [0.05, 0.1) is 11.9 Å². The minimum absolute atomic E-state index is 0.735. The Hall–Kier alpha value is -1.77. The van der Waals surface area contributed by atoms with Crippen LogP contribution in [-0.4, -0.2) is 9.78 Å². The van der Waals surface area contributed by atoms with Crippen LogP contribution in [0.1, 0.15) is 30.9 Å². The predicted octanol–water partition coefficient (Wildman–Crippen LogP) is 3.05. The molecule has 1 aromatic carbocycles. The van der Waals surface area contributed by atoms with E-state index >= 15 is 0 Å². The minimum atomic E-state index is 0.735. The molecule has 3 nitrogen and oxygen atoms in total. The normalized spacial score (nSPS) is 10.7. The Labute approximate surface area is 109 Å². The first-order valence-corrected chi connectivity index (χ1v) is 6.63. The summed E-state index contributed by atoms with van der Waals surface area (Å²) < 4.78 is 1.90. The number of hydrogen-bond acceptors (Lipinski definition) is 2. The van der Waals surface area contributed by atoms with Crippen LogP contribution in [0.2, 0.25) is 0 Å². The monoisotopic (exact) mass is 243 g/mol. The maximum atomic E-state index is 5.62. The van der Waals surface area contributed by atoms with Crippen LogP contribution in [0.4, 0.5) is 5.69 Å². The van der Waals surface area contributed by atoms with E-state index in [0.717, 1.165) is 25.1 Å². The van der Waals surface area contributed by atoms with Crippen molar-refractivity contribution in [3.63, 3.8) is 0 Å². The van der Waals surface area contributed by atoms with Gasteiger partial charge in [0.2, 0.25) is 0 Å². The van der Waals surface area contributed by atoms with Crippen molar-refractivity contribution in [3.8, 4) is 0 Å². The molecular formula is C15H21N3. The van der Waals surface area contributed by atoms with Gasteiger partial charge in [0.25, 0.3) is 0 Å². The third kappa shape index (κ3) is 3.62. The topological polar surface area (TPSA) is 43.8 Å². The summed E-state index contributed by atoms with van der Waals surface area (Å²) in [4.78, 5) is 0. The lowest BCUT2D eigenvalue weighted by atomic mass is 10.0. The molecule has 0 unspecified atom stereocenters. The van der Waals surface area contributed by atoms with Gasteiger partial charge in [-0.2, -0.15) is 5.10 Å². The van der Waals surface area contributed by atoms with Crippen LogP contribution in [0.15, 0.2) is 36.7 Å². The lowest BCUT2D eigenvalue weighted by Crippen LogP contribution is -2.00. The van der Waals surface area contributed by atoms with E-state index in [1.807, 2.05) is 10.9 Å². The number of rotatable bonds is 6. The van der Waals surface area contributed by atoms with Crippen LogP contribution >= 0.6 is 0 Å². The van der Waals surface area contributed by atoms with Gasteiger partial charge in [-0.1, -0.05) is 37.6 Å². The highest BCUT2D eigenvalue weighted by atomic mass is 15.3. The molecule has 0 atom stereocenters. The Bertz CT molecular complexity index is 471. The SMILES string of the molecule is CCCc1ccc(CCCn2cc(N)cn2)cc1. The number of aromatic nitrogens is 2. The average Bonchev–Trinajstić information content (AvgIpc) is 2.78. The molecule has 0 saturated heterocycles. The molecule has 0 aliphatic carbocycles. The van der Waals surface area contributed by atoms with Gasteiger partial charge < -0.3 is 5.73 Å². The van der Waals surface area contributed by atoms with Crippen molar-refractivity contribution in [2.24, 2.45) is 0 Å². The molecule has 0 aliphatic rings. The summed E-state index contributed by atoms with van der Waals surface area (Å²) in [6.45, 7) is 3.14. The van der Waals surface area contributed by atoms with E-state index in [9.17, 15) is 0 Å². The molecule has 0 saturated carbocycles. The third-order valence-corrected chi connectivity index (χ3v) is 3.07. The highest BCUT2D eigenvalue weighted by Gasteiger charge is 1.97. The summed E-state index contributed by atoms with van der Waals surface area (Å²) in [5.41, 5.74) is 9.19. The van der Waals surface area contributed by atoms with Crippen molar-refractivity contribution in [1.29, 1.82) is 0 Å². The molecule has 1 aromatic heterocycles. The van der Waals surface area contributed by atoms with Gasteiger partial charge >= 0.3 is 0 Å². The lowest BCUT2D eigenvalue weighted by Gasteiger charge is -2.04. The number of anilines is 1. The summed E-state index contributed by atoms with van der Waals surface area (Å²) in [5, 5.41) is 4.18. The second-order valence-corrected chi connectivity index (χ2v) is 4.71. The smallest absolute Gasteiger partial charge is 0.0719 e. The van der Waals surface area contributed by atoms with Crippen LogP contribution in [0.5, 0.6) is 0 Å². The van der Waals surface area contributed by atoms with Gasteiger partial charge in [0.15, 0.2) is 0 Å². The molecule has 18 heavy (non-hydrogen) atoms. The maximum Gasteiger partial charge on any atom is 0.0719 e. The fraction of sp³-hybridized carbons (Fsp3) is 0.400. The zero-order valence-corrected chi connectivity index (χ0v) is 11.0.